The third kappa shape index (κ3) is 4.15. The predicted molar refractivity (Wildman–Crippen MR) is 81.3 cm³/mol. The average molecular weight is 315 g/mol. The van der Waals surface area contributed by atoms with Crippen molar-refractivity contribution in [3.8, 4) is 0 Å². The summed E-state index contributed by atoms with van der Waals surface area (Å²) in [5.41, 5.74) is 4.82. The summed E-state index contributed by atoms with van der Waals surface area (Å²) in [6.45, 7) is 8.22. The maximum Gasteiger partial charge on any atom is 0.292 e. The van der Waals surface area contributed by atoms with Gasteiger partial charge in [0.25, 0.3) is 5.69 Å². The van der Waals surface area contributed by atoms with Gasteiger partial charge < -0.3 is 5.73 Å². The monoisotopic (exact) mass is 315 g/mol. The molecule has 0 atom stereocenters. The van der Waals surface area contributed by atoms with Crippen LogP contribution in [0.3, 0.4) is 0 Å². The van der Waals surface area contributed by atoms with E-state index in [0.29, 0.717) is 5.92 Å². The van der Waals surface area contributed by atoms with Crippen molar-refractivity contribution in [3.05, 3.63) is 28.3 Å². The predicted octanol–water partition coefficient (Wildman–Crippen LogP) is 2.14. The number of hydrogen-bond donors (Lipinski definition) is 2. The number of hydrogen-bond acceptors (Lipinski definition) is 5. The summed E-state index contributed by atoms with van der Waals surface area (Å²) in [4.78, 5) is 9.95. The van der Waals surface area contributed by atoms with Crippen LogP contribution in [0.1, 0.15) is 27.7 Å². The molecule has 0 heterocycles. The summed E-state index contributed by atoms with van der Waals surface area (Å²) in [6.07, 6.45) is 0. The quantitative estimate of drug-likeness (QED) is 0.474. The zero-order chi connectivity index (χ0) is 16.4. The molecule has 7 nitrogen and oxygen atoms in total. The van der Waals surface area contributed by atoms with Crippen LogP contribution in [0.2, 0.25) is 0 Å². The zero-order valence-corrected chi connectivity index (χ0v) is 13.4. The summed E-state index contributed by atoms with van der Waals surface area (Å²) in [5, 5.41) is 10.7. The van der Waals surface area contributed by atoms with Gasteiger partial charge in [-0.2, -0.15) is 0 Å². The van der Waals surface area contributed by atoms with Gasteiger partial charge in [-0.25, -0.2) is 13.1 Å². The van der Waals surface area contributed by atoms with Crippen molar-refractivity contribution in [2.24, 2.45) is 11.3 Å². The highest BCUT2D eigenvalue weighted by molar-refractivity contribution is 7.89. The van der Waals surface area contributed by atoms with Gasteiger partial charge in [-0.05, 0) is 23.5 Å². The van der Waals surface area contributed by atoms with Crippen LogP contribution in [0.25, 0.3) is 0 Å². The van der Waals surface area contributed by atoms with Crippen LogP contribution in [-0.2, 0) is 10.0 Å². The fourth-order valence-corrected chi connectivity index (χ4v) is 2.69. The molecule has 0 saturated carbocycles. The van der Waals surface area contributed by atoms with Gasteiger partial charge in [-0.1, -0.05) is 27.7 Å². The second-order valence-corrected chi connectivity index (χ2v) is 7.71. The standard InChI is InChI=1S/C13H21N3O4S/c1-9(2)13(3,4)8-15-21(19,20)10-5-6-12(16(17)18)11(14)7-10/h5-7,9,15H,8,14H2,1-4H3. The number of nitrogens with zero attached hydrogens (tertiary/aromatic N) is 1. The fraction of sp³-hybridized carbons (Fsp3) is 0.538. The number of sulfonamides is 1. The normalized spacial score (nSPS) is 12.6. The third-order valence-electron chi connectivity index (χ3n) is 3.79. The molecule has 0 unspecified atom stereocenters. The van der Waals surface area contributed by atoms with Gasteiger partial charge >= 0.3 is 0 Å². The van der Waals surface area contributed by atoms with Crippen LogP contribution in [0.4, 0.5) is 11.4 Å². The fourth-order valence-electron chi connectivity index (χ4n) is 1.43. The van der Waals surface area contributed by atoms with E-state index in [1.165, 1.54) is 6.07 Å². The summed E-state index contributed by atoms with van der Waals surface area (Å²) >= 11 is 0. The Bertz CT molecular complexity index is 639. The Morgan fingerprint density at radius 3 is 2.38 bits per heavy atom. The lowest BCUT2D eigenvalue weighted by Crippen LogP contribution is -2.36. The molecule has 0 aliphatic heterocycles. The van der Waals surface area contributed by atoms with E-state index in [1.54, 1.807) is 0 Å². The summed E-state index contributed by atoms with van der Waals surface area (Å²) in [7, 11) is -3.74. The van der Waals surface area contributed by atoms with E-state index in [-0.39, 0.29) is 28.2 Å². The van der Waals surface area contributed by atoms with E-state index in [2.05, 4.69) is 4.72 Å². The second kappa shape index (κ2) is 5.98. The van der Waals surface area contributed by atoms with Crippen LogP contribution in [0.15, 0.2) is 23.1 Å². The zero-order valence-electron chi connectivity index (χ0n) is 12.6. The Morgan fingerprint density at radius 2 is 1.95 bits per heavy atom. The molecule has 0 spiro atoms. The number of nitrogens with one attached hydrogen (secondary N) is 1. The van der Waals surface area contributed by atoms with Gasteiger partial charge in [0.1, 0.15) is 5.69 Å². The first-order valence-corrected chi connectivity index (χ1v) is 7.99. The molecule has 1 aromatic carbocycles. The molecule has 0 aliphatic carbocycles. The van der Waals surface area contributed by atoms with Crippen molar-refractivity contribution in [3.63, 3.8) is 0 Å². The second-order valence-electron chi connectivity index (χ2n) is 5.95. The van der Waals surface area contributed by atoms with Gasteiger partial charge in [-0.15, -0.1) is 0 Å². The highest BCUT2D eigenvalue weighted by Crippen LogP contribution is 2.27. The summed E-state index contributed by atoms with van der Waals surface area (Å²) in [5.74, 6) is 0.294. The topological polar surface area (TPSA) is 115 Å². The first kappa shape index (κ1) is 17.4. The van der Waals surface area contributed by atoms with Crippen LogP contribution in [-0.4, -0.2) is 19.9 Å². The molecule has 21 heavy (non-hydrogen) atoms. The number of nitro benzene ring substituents is 1. The molecule has 1 aromatic rings. The first-order chi connectivity index (χ1) is 9.47. The Morgan fingerprint density at radius 1 is 1.38 bits per heavy atom. The maximum absolute atomic E-state index is 12.2. The molecule has 0 fully saturated rings. The Balaban J connectivity index is 2.99. The van der Waals surface area contributed by atoms with Crippen molar-refractivity contribution in [1.82, 2.24) is 4.72 Å². The Kier molecular flexibility index (Phi) is 4.95. The van der Waals surface area contributed by atoms with Crippen LogP contribution >= 0.6 is 0 Å². The highest BCUT2D eigenvalue weighted by Gasteiger charge is 2.26. The molecule has 0 amide bonds. The van der Waals surface area contributed by atoms with Crippen molar-refractivity contribution >= 4 is 21.4 Å². The Labute approximate surface area is 124 Å². The molecule has 0 radical (unpaired) electrons. The van der Waals surface area contributed by atoms with E-state index in [0.717, 1.165) is 12.1 Å². The molecule has 1 rings (SSSR count). The van der Waals surface area contributed by atoms with Crippen molar-refractivity contribution in [2.45, 2.75) is 32.6 Å². The Hall–Kier alpha value is -1.67. The first-order valence-electron chi connectivity index (χ1n) is 6.51. The molecule has 3 N–H and O–H groups in total. The summed E-state index contributed by atoms with van der Waals surface area (Å²) in [6, 6.07) is 3.37. The van der Waals surface area contributed by atoms with Crippen LogP contribution in [0.5, 0.6) is 0 Å². The third-order valence-corrected chi connectivity index (χ3v) is 5.19. The minimum Gasteiger partial charge on any atom is -0.393 e. The van der Waals surface area contributed by atoms with Crippen molar-refractivity contribution in [1.29, 1.82) is 0 Å². The maximum atomic E-state index is 12.2. The lowest BCUT2D eigenvalue weighted by molar-refractivity contribution is -0.383. The van der Waals surface area contributed by atoms with Crippen LogP contribution in [0, 0.1) is 21.4 Å². The van der Waals surface area contributed by atoms with E-state index < -0.39 is 14.9 Å². The van der Waals surface area contributed by atoms with E-state index in [4.69, 9.17) is 5.73 Å². The van der Waals surface area contributed by atoms with Crippen molar-refractivity contribution < 1.29 is 13.3 Å². The molecule has 8 heteroatoms. The molecule has 0 aliphatic rings. The minimum absolute atomic E-state index is 0.0786. The number of nitro groups is 1. The number of nitrogens with two attached hydrogens (primary N) is 1. The number of anilines is 1. The van der Waals surface area contributed by atoms with Gasteiger partial charge in [-0.3, -0.25) is 10.1 Å². The number of nitrogen functional groups attached to an aromatic ring is 1. The molecule has 0 aromatic heterocycles. The smallest absolute Gasteiger partial charge is 0.292 e. The molecule has 0 bridgehead atoms. The lowest BCUT2D eigenvalue weighted by Gasteiger charge is -2.29. The van der Waals surface area contributed by atoms with Gasteiger partial charge in [0.05, 0.1) is 9.82 Å². The number of benzene rings is 1. The largest absolute Gasteiger partial charge is 0.393 e. The minimum atomic E-state index is -3.74. The highest BCUT2D eigenvalue weighted by atomic mass is 32.2. The molecule has 0 saturated heterocycles. The van der Waals surface area contributed by atoms with Crippen LogP contribution < -0.4 is 10.5 Å². The van der Waals surface area contributed by atoms with Gasteiger partial charge in [0.2, 0.25) is 10.0 Å². The average Bonchev–Trinajstić information content (AvgIpc) is 2.36. The van der Waals surface area contributed by atoms with Crippen molar-refractivity contribution in [2.75, 3.05) is 12.3 Å². The van der Waals surface area contributed by atoms with E-state index in [9.17, 15) is 18.5 Å². The van der Waals surface area contributed by atoms with Gasteiger partial charge in [0, 0.05) is 12.6 Å². The SMILES string of the molecule is CC(C)C(C)(C)CNS(=O)(=O)c1ccc([N+](=O)[O-])c(N)c1. The van der Waals surface area contributed by atoms with E-state index in [1.807, 2.05) is 27.7 Å². The number of rotatable bonds is 6. The molecular weight excluding hydrogens is 294 g/mol. The summed E-state index contributed by atoms with van der Waals surface area (Å²) < 4.78 is 26.9. The lowest BCUT2D eigenvalue weighted by atomic mass is 9.81. The van der Waals surface area contributed by atoms with E-state index >= 15 is 0 Å². The van der Waals surface area contributed by atoms with Gasteiger partial charge in [0.15, 0.2) is 0 Å². The molecular formula is C13H21N3O4S. The molecule has 118 valence electrons.